The van der Waals surface area contributed by atoms with E-state index in [1.54, 1.807) is 23.5 Å². The summed E-state index contributed by atoms with van der Waals surface area (Å²) in [5, 5.41) is 3.06. The van der Waals surface area contributed by atoms with E-state index >= 15 is 0 Å². The summed E-state index contributed by atoms with van der Waals surface area (Å²) in [5.41, 5.74) is 7.81. The van der Waals surface area contributed by atoms with Gasteiger partial charge in [0.25, 0.3) is 0 Å². The summed E-state index contributed by atoms with van der Waals surface area (Å²) in [6.07, 6.45) is 2.61. The van der Waals surface area contributed by atoms with E-state index in [9.17, 15) is 4.79 Å². The van der Waals surface area contributed by atoms with Crippen molar-refractivity contribution in [3.05, 3.63) is 47.0 Å². The summed E-state index contributed by atoms with van der Waals surface area (Å²) in [4.78, 5) is 24.7. The van der Waals surface area contributed by atoms with E-state index in [0.717, 1.165) is 43.3 Å². The van der Waals surface area contributed by atoms with Crippen LogP contribution in [0.4, 0.5) is 5.13 Å². The number of hydrogen-bond acceptors (Lipinski definition) is 6. The molecule has 7 nitrogen and oxygen atoms in total. The normalized spacial score (nSPS) is 14.6. The summed E-state index contributed by atoms with van der Waals surface area (Å²) in [6.45, 7) is 4.12. The number of benzene rings is 1. The van der Waals surface area contributed by atoms with Gasteiger partial charge in [-0.1, -0.05) is 12.1 Å². The molecule has 3 rings (SSSR count). The quantitative estimate of drug-likeness (QED) is 0.293. The van der Waals surface area contributed by atoms with Crippen LogP contribution in [0.2, 0.25) is 0 Å². The zero-order valence-corrected chi connectivity index (χ0v) is 18.4. The number of carbonyl (C=O) groups is 1. The van der Waals surface area contributed by atoms with Gasteiger partial charge in [-0.25, -0.2) is 9.78 Å². The van der Waals surface area contributed by atoms with Crippen LogP contribution in [-0.4, -0.2) is 61.6 Å². The molecule has 2 heterocycles. The van der Waals surface area contributed by atoms with Gasteiger partial charge in [-0.2, -0.15) is 0 Å². The van der Waals surface area contributed by atoms with Crippen molar-refractivity contribution in [3.8, 4) is 0 Å². The van der Waals surface area contributed by atoms with Gasteiger partial charge < -0.3 is 20.3 Å². The molecule has 1 aliphatic rings. The third-order valence-corrected chi connectivity index (χ3v) is 5.18. The number of hydrogen-bond donors (Lipinski definition) is 1. The van der Waals surface area contributed by atoms with Crippen molar-refractivity contribution >= 4 is 52.4 Å². The highest BCUT2D eigenvalue weighted by molar-refractivity contribution is 14.0. The number of guanidine groups is 1. The Bertz CT molecular complexity index is 744. The first-order valence-electron chi connectivity index (χ1n) is 8.54. The van der Waals surface area contributed by atoms with Gasteiger partial charge >= 0.3 is 5.97 Å². The Morgan fingerprint density at radius 3 is 2.56 bits per heavy atom. The van der Waals surface area contributed by atoms with Crippen LogP contribution in [0.5, 0.6) is 0 Å². The second-order valence-electron chi connectivity index (χ2n) is 5.97. The van der Waals surface area contributed by atoms with Crippen LogP contribution in [0.3, 0.4) is 0 Å². The molecule has 1 saturated heterocycles. The van der Waals surface area contributed by atoms with Crippen molar-refractivity contribution in [1.82, 2.24) is 9.88 Å². The molecule has 9 heteroatoms. The SMILES string of the molecule is COC(=O)c1ccc(CCN=C(N)N2CCN(c3nccs3)CC2)cc1.I. The van der Waals surface area contributed by atoms with Crippen molar-refractivity contribution in [2.75, 3.05) is 44.7 Å². The number of piperazine rings is 1. The van der Waals surface area contributed by atoms with Gasteiger partial charge in [0, 0.05) is 44.3 Å². The number of esters is 1. The van der Waals surface area contributed by atoms with Crippen molar-refractivity contribution in [1.29, 1.82) is 0 Å². The monoisotopic (exact) mass is 501 g/mol. The molecule has 27 heavy (non-hydrogen) atoms. The Morgan fingerprint density at radius 1 is 1.26 bits per heavy atom. The van der Waals surface area contributed by atoms with Crippen molar-refractivity contribution in [2.24, 2.45) is 10.7 Å². The van der Waals surface area contributed by atoms with Crippen molar-refractivity contribution < 1.29 is 9.53 Å². The number of thiazole rings is 1. The molecule has 2 aromatic rings. The lowest BCUT2D eigenvalue weighted by molar-refractivity contribution is 0.0600. The molecule has 0 spiro atoms. The summed E-state index contributed by atoms with van der Waals surface area (Å²) in [5.74, 6) is 0.269. The lowest BCUT2D eigenvalue weighted by atomic mass is 10.1. The molecule has 0 amide bonds. The number of aromatic nitrogens is 1. The van der Waals surface area contributed by atoms with Crippen LogP contribution >= 0.6 is 35.3 Å². The molecular formula is C18H24IN5O2S. The summed E-state index contributed by atoms with van der Waals surface area (Å²) < 4.78 is 4.70. The molecule has 2 N–H and O–H groups in total. The maximum atomic E-state index is 11.4. The first kappa shape index (κ1) is 21.4. The fraction of sp³-hybridized carbons (Fsp3) is 0.389. The second kappa shape index (κ2) is 10.5. The number of anilines is 1. The van der Waals surface area contributed by atoms with Gasteiger partial charge in [0.2, 0.25) is 0 Å². The highest BCUT2D eigenvalue weighted by atomic mass is 127. The number of ether oxygens (including phenoxy) is 1. The number of nitrogens with two attached hydrogens (primary N) is 1. The molecule has 0 atom stereocenters. The van der Waals surface area contributed by atoms with Crippen LogP contribution in [0, 0.1) is 0 Å². The van der Waals surface area contributed by atoms with Crippen molar-refractivity contribution in [3.63, 3.8) is 0 Å². The van der Waals surface area contributed by atoms with E-state index < -0.39 is 0 Å². The molecule has 1 fully saturated rings. The Labute approximate surface area is 180 Å². The number of rotatable bonds is 5. The van der Waals surface area contributed by atoms with Gasteiger partial charge in [-0.05, 0) is 24.1 Å². The second-order valence-corrected chi connectivity index (χ2v) is 6.84. The summed E-state index contributed by atoms with van der Waals surface area (Å²) >= 11 is 1.66. The minimum Gasteiger partial charge on any atom is -0.465 e. The zero-order valence-electron chi connectivity index (χ0n) is 15.2. The number of halogens is 1. The fourth-order valence-electron chi connectivity index (χ4n) is 2.82. The molecule has 0 bridgehead atoms. The Balaban J connectivity index is 0.00000261. The van der Waals surface area contributed by atoms with Crippen LogP contribution < -0.4 is 10.6 Å². The van der Waals surface area contributed by atoms with Crippen LogP contribution in [-0.2, 0) is 11.2 Å². The largest absolute Gasteiger partial charge is 0.465 e. The zero-order chi connectivity index (χ0) is 18.4. The summed E-state index contributed by atoms with van der Waals surface area (Å²) in [6, 6.07) is 7.38. The average molecular weight is 501 g/mol. The lowest BCUT2D eigenvalue weighted by Crippen LogP contribution is -2.51. The Morgan fingerprint density at radius 2 is 1.96 bits per heavy atom. The third kappa shape index (κ3) is 5.80. The highest BCUT2D eigenvalue weighted by Gasteiger charge is 2.19. The fourth-order valence-corrected chi connectivity index (χ4v) is 3.52. The van der Waals surface area contributed by atoms with Gasteiger partial charge in [0.1, 0.15) is 0 Å². The van der Waals surface area contributed by atoms with Crippen LogP contribution in [0.15, 0.2) is 40.8 Å². The topological polar surface area (TPSA) is 84.0 Å². The molecule has 1 aromatic heterocycles. The third-order valence-electron chi connectivity index (χ3n) is 4.34. The Hall–Kier alpha value is -1.88. The van der Waals surface area contributed by atoms with E-state index in [4.69, 9.17) is 10.5 Å². The van der Waals surface area contributed by atoms with Gasteiger partial charge in [0.15, 0.2) is 11.1 Å². The molecule has 0 aliphatic carbocycles. The van der Waals surface area contributed by atoms with E-state index in [1.165, 1.54) is 7.11 Å². The molecule has 146 valence electrons. The first-order chi connectivity index (χ1) is 12.7. The molecule has 0 saturated carbocycles. The highest BCUT2D eigenvalue weighted by Crippen LogP contribution is 2.18. The van der Waals surface area contributed by atoms with E-state index in [-0.39, 0.29) is 29.9 Å². The van der Waals surface area contributed by atoms with E-state index in [0.29, 0.717) is 18.1 Å². The minimum absolute atomic E-state index is 0. The average Bonchev–Trinajstić information content (AvgIpc) is 3.23. The smallest absolute Gasteiger partial charge is 0.337 e. The molecule has 0 radical (unpaired) electrons. The van der Waals surface area contributed by atoms with Gasteiger partial charge in [-0.15, -0.1) is 35.3 Å². The molecule has 0 unspecified atom stereocenters. The molecule has 1 aromatic carbocycles. The Kier molecular flexibility index (Phi) is 8.29. The summed E-state index contributed by atoms with van der Waals surface area (Å²) in [7, 11) is 1.38. The number of nitrogens with zero attached hydrogens (tertiary/aromatic N) is 4. The predicted molar refractivity (Wildman–Crippen MR) is 119 cm³/mol. The molecule has 1 aliphatic heterocycles. The number of carbonyl (C=O) groups excluding carboxylic acids is 1. The lowest BCUT2D eigenvalue weighted by Gasteiger charge is -2.35. The van der Waals surface area contributed by atoms with Crippen molar-refractivity contribution in [2.45, 2.75) is 6.42 Å². The minimum atomic E-state index is -0.323. The van der Waals surface area contributed by atoms with Gasteiger partial charge in [-0.3, -0.25) is 4.99 Å². The standard InChI is InChI=1S/C18H23N5O2S.HI/c1-25-16(24)15-4-2-14(3-5-15)6-7-20-17(19)22-9-11-23(12-10-22)18-21-8-13-26-18;/h2-5,8,13H,6-7,9-12H2,1H3,(H2,19,20);1H. The maximum Gasteiger partial charge on any atom is 0.337 e. The van der Waals surface area contributed by atoms with Crippen LogP contribution in [0.1, 0.15) is 15.9 Å². The van der Waals surface area contributed by atoms with E-state index in [2.05, 4.69) is 19.8 Å². The van der Waals surface area contributed by atoms with Crippen LogP contribution in [0.25, 0.3) is 0 Å². The predicted octanol–water partition coefficient (Wildman–Crippen LogP) is 2.23. The van der Waals surface area contributed by atoms with E-state index in [1.807, 2.05) is 23.7 Å². The maximum absolute atomic E-state index is 11.4. The van der Waals surface area contributed by atoms with Gasteiger partial charge in [0.05, 0.1) is 12.7 Å². The number of aliphatic imine (C=N–C) groups is 1. The number of methoxy groups -OCH3 is 1. The molecular weight excluding hydrogens is 477 g/mol. The first-order valence-corrected chi connectivity index (χ1v) is 9.42.